The SMILES string of the molecule is C=CC/C=C(\C#N)CNCCOCCOCCO. The molecule has 0 aliphatic rings. The van der Waals surface area contributed by atoms with Gasteiger partial charge in [0.1, 0.15) is 0 Å². The van der Waals surface area contributed by atoms with E-state index in [4.69, 9.17) is 19.8 Å². The van der Waals surface area contributed by atoms with Gasteiger partial charge < -0.3 is 19.9 Å². The number of nitrogens with zero attached hydrogens (tertiary/aromatic N) is 1. The molecule has 0 heterocycles. The molecule has 0 radical (unpaired) electrons. The number of aliphatic hydroxyl groups is 1. The average Bonchev–Trinajstić information content (AvgIpc) is 2.40. The van der Waals surface area contributed by atoms with Crippen molar-refractivity contribution in [2.75, 3.05) is 46.1 Å². The maximum absolute atomic E-state index is 8.82. The van der Waals surface area contributed by atoms with Crippen LogP contribution in [0.4, 0.5) is 0 Å². The van der Waals surface area contributed by atoms with Gasteiger partial charge in [0.05, 0.1) is 39.1 Å². The fourth-order valence-corrected chi connectivity index (χ4v) is 1.14. The van der Waals surface area contributed by atoms with E-state index in [-0.39, 0.29) is 6.61 Å². The standard InChI is InChI=1S/C13H22N2O3/c1-2-3-4-13(11-14)12-15-5-7-17-9-10-18-8-6-16/h2,4,15-16H,1,3,5-10,12H2/b13-4+. The van der Waals surface area contributed by atoms with E-state index in [0.29, 0.717) is 51.5 Å². The topological polar surface area (TPSA) is 74.5 Å². The van der Waals surface area contributed by atoms with E-state index in [0.717, 1.165) is 0 Å². The Morgan fingerprint density at radius 1 is 1.28 bits per heavy atom. The third kappa shape index (κ3) is 11.3. The molecule has 0 saturated heterocycles. The lowest BCUT2D eigenvalue weighted by Crippen LogP contribution is -2.22. The number of rotatable bonds is 12. The molecule has 0 saturated carbocycles. The van der Waals surface area contributed by atoms with Gasteiger partial charge in [-0.1, -0.05) is 12.2 Å². The second-order valence-electron chi connectivity index (χ2n) is 3.49. The summed E-state index contributed by atoms with van der Waals surface area (Å²) in [7, 11) is 0. The van der Waals surface area contributed by atoms with Gasteiger partial charge in [0.15, 0.2) is 0 Å². The fraction of sp³-hybridized carbons (Fsp3) is 0.615. The molecule has 0 aliphatic carbocycles. The van der Waals surface area contributed by atoms with Gasteiger partial charge in [0.25, 0.3) is 0 Å². The van der Waals surface area contributed by atoms with Crippen molar-refractivity contribution in [3.05, 3.63) is 24.3 Å². The molecule has 0 aliphatic heterocycles. The van der Waals surface area contributed by atoms with Gasteiger partial charge in [0.2, 0.25) is 0 Å². The van der Waals surface area contributed by atoms with Crippen molar-refractivity contribution in [1.29, 1.82) is 5.26 Å². The van der Waals surface area contributed by atoms with Gasteiger partial charge in [-0.25, -0.2) is 0 Å². The fourth-order valence-electron chi connectivity index (χ4n) is 1.14. The molecule has 0 rings (SSSR count). The van der Waals surface area contributed by atoms with Crippen LogP contribution < -0.4 is 5.32 Å². The summed E-state index contributed by atoms with van der Waals surface area (Å²) in [6.07, 6.45) is 4.32. The lowest BCUT2D eigenvalue weighted by atomic mass is 10.2. The second-order valence-corrected chi connectivity index (χ2v) is 3.49. The van der Waals surface area contributed by atoms with Crippen molar-refractivity contribution in [3.8, 4) is 6.07 Å². The predicted molar refractivity (Wildman–Crippen MR) is 70.1 cm³/mol. The van der Waals surface area contributed by atoms with Crippen LogP contribution in [0.2, 0.25) is 0 Å². The number of ether oxygens (including phenoxy) is 2. The van der Waals surface area contributed by atoms with Crippen molar-refractivity contribution in [2.24, 2.45) is 0 Å². The van der Waals surface area contributed by atoms with Gasteiger partial charge in [-0.05, 0) is 6.42 Å². The lowest BCUT2D eigenvalue weighted by Gasteiger charge is -2.06. The van der Waals surface area contributed by atoms with Crippen LogP contribution in [0.3, 0.4) is 0 Å². The quantitative estimate of drug-likeness (QED) is 0.303. The van der Waals surface area contributed by atoms with Gasteiger partial charge in [-0.15, -0.1) is 6.58 Å². The zero-order valence-corrected chi connectivity index (χ0v) is 10.7. The van der Waals surface area contributed by atoms with Crippen molar-refractivity contribution in [3.63, 3.8) is 0 Å². The molecule has 102 valence electrons. The molecule has 0 aromatic carbocycles. The molecular weight excluding hydrogens is 232 g/mol. The van der Waals surface area contributed by atoms with E-state index < -0.39 is 0 Å². The molecule has 5 nitrogen and oxygen atoms in total. The van der Waals surface area contributed by atoms with Crippen LogP contribution in [-0.4, -0.2) is 51.2 Å². The predicted octanol–water partition coefficient (Wildman–Crippen LogP) is 0.628. The van der Waals surface area contributed by atoms with Gasteiger partial charge in [-0.2, -0.15) is 5.26 Å². The Hall–Kier alpha value is -1.19. The number of hydrogen-bond donors (Lipinski definition) is 2. The Kier molecular flexibility index (Phi) is 13.0. The Bertz CT molecular complexity index is 272. The van der Waals surface area contributed by atoms with E-state index in [2.05, 4.69) is 18.0 Å². The van der Waals surface area contributed by atoms with Crippen molar-refractivity contribution >= 4 is 0 Å². The van der Waals surface area contributed by atoms with E-state index >= 15 is 0 Å². The minimum atomic E-state index is 0.0372. The summed E-state index contributed by atoms with van der Waals surface area (Å²) in [5, 5.41) is 20.4. The third-order valence-corrected chi connectivity index (χ3v) is 2.02. The van der Waals surface area contributed by atoms with E-state index in [9.17, 15) is 0 Å². The van der Waals surface area contributed by atoms with E-state index in [1.54, 1.807) is 6.08 Å². The highest BCUT2D eigenvalue weighted by atomic mass is 16.5. The molecule has 0 unspecified atom stereocenters. The van der Waals surface area contributed by atoms with E-state index in [1.807, 2.05) is 6.08 Å². The summed E-state index contributed by atoms with van der Waals surface area (Å²) in [5.74, 6) is 0. The minimum Gasteiger partial charge on any atom is -0.394 e. The molecule has 2 N–H and O–H groups in total. The normalized spacial score (nSPS) is 11.2. The van der Waals surface area contributed by atoms with Crippen LogP contribution in [0.25, 0.3) is 0 Å². The van der Waals surface area contributed by atoms with Gasteiger partial charge >= 0.3 is 0 Å². The summed E-state index contributed by atoms with van der Waals surface area (Å²) >= 11 is 0. The largest absolute Gasteiger partial charge is 0.394 e. The van der Waals surface area contributed by atoms with Gasteiger partial charge in [-0.3, -0.25) is 0 Å². The monoisotopic (exact) mass is 254 g/mol. The minimum absolute atomic E-state index is 0.0372. The van der Waals surface area contributed by atoms with Crippen LogP contribution >= 0.6 is 0 Å². The Morgan fingerprint density at radius 2 is 2.00 bits per heavy atom. The van der Waals surface area contributed by atoms with Crippen molar-refractivity contribution in [2.45, 2.75) is 6.42 Å². The highest BCUT2D eigenvalue weighted by molar-refractivity contribution is 5.22. The van der Waals surface area contributed by atoms with Crippen molar-refractivity contribution in [1.82, 2.24) is 5.32 Å². The maximum Gasteiger partial charge on any atom is 0.0957 e. The number of hydrogen-bond acceptors (Lipinski definition) is 5. The molecule has 0 bridgehead atoms. The first-order valence-electron chi connectivity index (χ1n) is 6.02. The highest BCUT2D eigenvalue weighted by Gasteiger charge is 1.94. The van der Waals surface area contributed by atoms with Crippen LogP contribution in [0.5, 0.6) is 0 Å². The first kappa shape index (κ1) is 16.8. The summed E-state index contributed by atoms with van der Waals surface area (Å²) in [4.78, 5) is 0. The summed E-state index contributed by atoms with van der Waals surface area (Å²) in [6, 6.07) is 2.13. The number of allylic oxidation sites excluding steroid dienone is 2. The molecular formula is C13H22N2O3. The maximum atomic E-state index is 8.82. The number of aliphatic hydroxyl groups excluding tert-OH is 1. The molecule has 0 aromatic rings. The molecule has 5 heteroatoms. The molecule has 0 fully saturated rings. The third-order valence-electron chi connectivity index (χ3n) is 2.02. The molecule has 18 heavy (non-hydrogen) atoms. The van der Waals surface area contributed by atoms with E-state index in [1.165, 1.54) is 0 Å². The summed E-state index contributed by atoms with van der Waals surface area (Å²) in [6.45, 7) is 6.79. The molecule has 0 atom stereocenters. The van der Waals surface area contributed by atoms with Crippen LogP contribution in [0.15, 0.2) is 24.3 Å². The summed E-state index contributed by atoms with van der Waals surface area (Å²) < 4.78 is 10.3. The van der Waals surface area contributed by atoms with Crippen molar-refractivity contribution < 1.29 is 14.6 Å². The van der Waals surface area contributed by atoms with Crippen LogP contribution in [-0.2, 0) is 9.47 Å². The van der Waals surface area contributed by atoms with Crippen LogP contribution in [0, 0.1) is 11.3 Å². The Morgan fingerprint density at radius 3 is 2.61 bits per heavy atom. The zero-order valence-electron chi connectivity index (χ0n) is 10.7. The molecule has 0 spiro atoms. The van der Waals surface area contributed by atoms with Gasteiger partial charge in [0, 0.05) is 18.7 Å². The second kappa shape index (κ2) is 13.9. The Balaban J connectivity index is 3.34. The average molecular weight is 254 g/mol. The highest BCUT2D eigenvalue weighted by Crippen LogP contribution is 1.93. The molecule has 0 amide bonds. The first-order chi connectivity index (χ1) is 8.85. The smallest absolute Gasteiger partial charge is 0.0957 e. The zero-order chi connectivity index (χ0) is 13.5. The van der Waals surface area contributed by atoms with Crippen LogP contribution in [0.1, 0.15) is 6.42 Å². The Labute approximate surface area is 109 Å². The number of nitrogens with one attached hydrogen (secondary N) is 1. The lowest BCUT2D eigenvalue weighted by molar-refractivity contribution is 0.0342. The number of nitriles is 1. The molecule has 0 aromatic heterocycles. The first-order valence-corrected chi connectivity index (χ1v) is 6.02. The summed E-state index contributed by atoms with van der Waals surface area (Å²) in [5.41, 5.74) is 0.709.